The summed E-state index contributed by atoms with van der Waals surface area (Å²) < 4.78 is 0. The van der Waals surface area contributed by atoms with Crippen LogP contribution in [0.25, 0.3) is 0 Å². The number of aryl methyl sites for hydroxylation is 2. The van der Waals surface area contributed by atoms with Crippen LogP contribution in [-0.4, -0.2) is 6.71 Å². The summed E-state index contributed by atoms with van der Waals surface area (Å²) in [5.74, 6) is 0. The Morgan fingerprint density at radius 1 is 0.283 bits per heavy atom. The van der Waals surface area contributed by atoms with Crippen LogP contribution in [0.1, 0.15) is 259 Å². The van der Waals surface area contributed by atoms with Crippen molar-refractivity contribution in [3.05, 3.63) is 231 Å². The standard InChI is InChI=1S/C94H113BN4/c1-58-47-70-73(90(17,18)46-45-89(70,15)16)53-78(58)99-81-55-75-72(92(21,22)57-94(75,25)26)52-77(81)95-76-44-43-68(96(64-35-27-60(28-36-64)85(3,4)5)65-37-29-61(30-38-65)86(6,7)8)49-80(76)98(79-54-74-71(48-59(79)2)91(19,20)56-93(74,23)24)82-50-69(51-83(99)84(82)95)97(66-39-31-62(32-40-66)87(9,10)11)67-41-33-63(34-42-67)88(12,13)14/h27-44,47-55H,45-46,56-57H2,1-26H3. The second-order valence-electron chi connectivity index (χ2n) is 39.1. The second kappa shape index (κ2) is 22.4. The molecule has 99 heavy (non-hydrogen) atoms. The van der Waals surface area contributed by atoms with Gasteiger partial charge in [-0.3, -0.25) is 0 Å². The van der Waals surface area contributed by atoms with Crippen molar-refractivity contribution in [3.63, 3.8) is 0 Å². The lowest BCUT2D eigenvalue weighted by atomic mass is 9.33. The second-order valence-corrected chi connectivity index (χ2v) is 39.1. The van der Waals surface area contributed by atoms with E-state index in [1.54, 1.807) is 0 Å². The average Bonchev–Trinajstić information content (AvgIpc) is 1.55. The van der Waals surface area contributed by atoms with Gasteiger partial charge in [0.05, 0.1) is 5.69 Å². The third-order valence-corrected chi connectivity index (χ3v) is 24.3. The fraction of sp³-hybridized carbons (Fsp3) is 0.426. The molecule has 5 heteroatoms. The SMILES string of the molecule is Cc1cc2c(cc1N1c3cc4c(cc3B3c5ccc(N(c6ccc(C(C)(C)C)cc6)c6ccc(C(C)(C)C)cc6)cc5N(c5cc6c(cc5C)C(C)(C)CC6(C)C)c5cc(N(c6ccc(C(C)(C)C)cc6)c6ccc(C(C)(C)C)cc6)cc1c53)C(C)(C)CC4(C)C)C(C)(C)CCC2(C)C. The zero-order valence-electron chi connectivity index (χ0n) is 65.3. The fourth-order valence-electron chi connectivity index (χ4n) is 18.9. The van der Waals surface area contributed by atoms with Crippen LogP contribution in [0.5, 0.6) is 0 Å². The third-order valence-electron chi connectivity index (χ3n) is 24.3. The molecule has 9 aromatic rings. The minimum Gasteiger partial charge on any atom is -0.311 e. The quantitative estimate of drug-likeness (QED) is 0.141. The molecule has 2 heterocycles. The van der Waals surface area contributed by atoms with Crippen LogP contribution < -0.4 is 36.0 Å². The average molecular weight is 1310 g/mol. The molecule has 4 nitrogen and oxygen atoms in total. The molecule has 5 aliphatic rings. The van der Waals surface area contributed by atoms with Gasteiger partial charge in [-0.2, -0.15) is 0 Å². The molecule has 0 amide bonds. The van der Waals surface area contributed by atoms with Crippen LogP contribution in [0, 0.1) is 13.8 Å². The monoisotopic (exact) mass is 1310 g/mol. The van der Waals surface area contributed by atoms with Crippen LogP contribution in [-0.2, 0) is 54.1 Å². The zero-order valence-corrected chi connectivity index (χ0v) is 65.3. The number of fused-ring (bicyclic) bond motifs is 7. The van der Waals surface area contributed by atoms with Crippen LogP contribution in [0.2, 0.25) is 0 Å². The van der Waals surface area contributed by atoms with E-state index in [1.165, 1.54) is 117 Å². The number of anilines is 12. The molecule has 0 radical (unpaired) electrons. The Morgan fingerprint density at radius 3 is 0.909 bits per heavy atom. The van der Waals surface area contributed by atoms with Gasteiger partial charge in [-0.1, -0.05) is 239 Å². The van der Waals surface area contributed by atoms with Crippen LogP contribution in [0.4, 0.5) is 68.2 Å². The van der Waals surface area contributed by atoms with Gasteiger partial charge in [0.15, 0.2) is 0 Å². The first-order valence-corrected chi connectivity index (χ1v) is 37.3. The molecule has 0 saturated carbocycles. The van der Waals surface area contributed by atoms with Crippen LogP contribution >= 0.6 is 0 Å². The van der Waals surface area contributed by atoms with E-state index in [9.17, 15) is 0 Å². The lowest BCUT2D eigenvalue weighted by Crippen LogP contribution is -2.61. The van der Waals surface area contributed by atoms with Gasteiger partial charge in [0.1, 0.15) is 0 Å². The van der Waals surface area contributed by atoms with Gasteiger partial charge in [0.25, 0.3) is 6.71 Å². The minimum atomic E-state index is -0.130. The molecule has 0 fully saturated rings. The Balaban J connectivity index is 1.15. The molecule has 2 aliphatic heterocycles. The number of hydrogen-bond donors (Lipinski definition) is 0. The zero-order chi connectivity index (χ0) is 71.4. The van der Waals surface area contributed by atoms with Gasteiger partial charge < -0.3 is 19.6 Å². The van der Waals surface area contributed by atoms with Crippen molar-refractivity contribution in [2.45, 2.75) is 260 Å². The number of nitrogens with zero attached hydrogens (tertiary/aromatic N) is 4. The first-order chi connectivity index (χ1) is 45.9. The summed E-state index contributed by atoms with van der Waals surface area (Å²) in [5.41, 5.74) is 34.7. The molecule has 0 N–H and O–H groups in total. The number of benzene rings is 9. The lowest BCUT2D eigenvalue weighted by Gasteiger charge is -2.47. The highest BCUT2D eigenvalue weighted by Crippen LogP contribution is 2.58. The predicted molar refractivity (Wildman–Crippen MR) is 431 cm³/mol. The fourth-order valence-corrected chi connectivity index (χ4v) is 18.9. The van der Waals surface area contributed by atoms with Crippen molar-refractivity contribution in [1.29, 1.82) is 0 Å². The Hall–Kier alpha value is -7.76. The van der Waals surface area contributed by atoms with Crippen molar-refractivity contribution in [2.75, 3.05) is 19.6 Å². The van der Waals surface area contributed by atoms with E-state index < -0.39 is 0 Å². The molecule has 0 unspecified atom stereocenters. The van der Waals surface area contributed by atoms with Crippen molar-refractivity contribution >= 4 is 91.3 Å². The summed E-state index contributed by atoms with van der Waals surface area (Å²) in [6, 6.07) is 66.6. The number of rotatable bonds is 8. The van der Waals surface area contributed by atoms with Gasteiger partial charge in [-0.15, -0.1) is 0 Å². The van der Waals surface area contributed by atoms with E-state index >= 15 is 0 Å². The van der Waals surface area contributed by atoms with Gasteiger partial charge in [0, 0.05) is 62.6 Å². The van der Waals surface area contributed by atoms with E-state index in [1.807, 2.05) is 0 Å². The molecular formula is C94H113BN4. The summed E-state index contributed by atoms with van der Waals surface area (Å²) in [5, 5.41) is 0. The molecule has 14 rings (SSSR count). The molecular weight excluding hydrogens is 1200 g/mol. The first kappa shape index (κ1) is 68.4. The molecule has 0 bridgehead atoms. The summed E-state index contributed by atoms with van der Waals surface area (Å²) in [7, 11) is 0. The Morgan fingerprint density at radius 2 is 0.556 bits per heavy atom. The highest BCUT2D eigenvalue weighted by molar-refractivity contribution is 7.00. The van der Waals surface area contributed by atoms with Gasteiger partial charge in [0.2, 0.25) is 0 Å². The number of hydrogen-bond acceptors (Lipinski definition) is 4. The lowest BCUT2D eigenvalue weighted by molar-refractivity contribution is 0.332. The smallest absolute Gasteiger partial charge is 0.252 e. The van der Waals surface area contributed by atoms with E-state index in [2.05, 4.69) is 363 Å². The van der Waals surface area contributed by atoms with E-state index in [0.29, 0.717) is 0 Å². The van der Waals surface area contributed by atoms with E-state index in [4.69, 9.17) is 0 Å². The van der Waals surface area contributed by atoms with Crippen molar-refractivity contribution in [3.8, 4) is 0 Å². The Bertz CT molecular complexity index is 4600. The summed E-state index contributed by atoms with van der Waals surface area (Å²) in [4.78, 5) is 10.6. The Kier molecular flexibility index (Phi) is 15.5. The summed E-state index contributed by atoms with van der Waals surface area (Å²) in [6.07, 6.45) is 4.45. The molecule has 9 aromatic carbocycles. The molecule has 512 valence electrons. The maximum absolute atomic E-state index is 2.79. The highest BCUT2D eigenvalue weighted by atomic mass is 15.2. The van der Waals surface area contributed by atoms with Crippen LogP contribution in [0.15, 0.2) is 164 Å². The normalized spacial score (nSPS) is 18.1. The molecule has 0 aromatic heterocycles. The predicted octanol–water partition coefficient (Wildman–Crippen LogP) is 24.8. The van der Waals surface area contributed by atoms with Gasteiger partial charge in [-0.25, -0.2) is 0 Å². The van der Waals surface area contributed by atoms with Gasteiger partial charge >= 0.3 is 0 Å². The first-order valence-electron chi connectivity index (χ1n) is 37.3. The summed E-state index contributed by atoms with van der Waals surface area (Å²) in [6.45, 7) is 62.5. The summed E-state index contributed by atoms with van der Waals surface area (Å²) >= 11 is 0. The third kappa shape index (κ3) is 11.4. The van der Waals surface area contributed by atoms with E-state index in [0.717, 1.165) is 59.8 Å². The molecule has 3 aliphatic carbocycles. The molecule has 0 spiro atoms. The minimum absolute atomic E-state index is 0.00294. The van der Waals surface area contributed by atoms with Crippen LogP contribution in [0.3, 0.4) is 0 Å². The van der Waals surface area contributed by atoms with Gasteiger partial charge in [-0.05, 0) is 268 Å². The Labute approximate surface area is 597 Å². The molecule has 0 saturated heterocycles. The maximum Gasteiger partial charge on any atom is 0.252 e. The molecule has 0 atom stereocenters. The largest absolute Gasteiger partial charge is 0.311 e. The van der Waals surface area contributed by atoms with Crippen molar-refractivity contribution in [2.24, 2.45) is 0 Å². The maximum atomic E-state index is 2.79. The highest BCUT2D eigenvalue weighted by Gasteiger charge is 2.51. The van der Waals surface area contributed by atoms with Crippen molar-refractivity contribution < 1.29 is 0 Å². The van der Waals surface area contributed by atoms with Crippen molar-refractivity contribution in [1.82, 2.24) is 0 Å². The topological polar surface area (TPSA) is 13.0 Å². The van der Waals surface area contributed by atoms with E-state index in [-0.39, 0.29) is 60.9 Å².